The summed E-state index contributed by atoms with van der Waals surface area (Å²) in [6.07, 6.45) is 4.15. The molecule has 0 spiro atoms. The summed E-state index contributed by atoms with van der Waals surface area (Å²) in [5, 5.41) is 21.2. The lowest BCUT2D eigenvalue weighted by molar-refractivity contribution is -0.138. The van der Waals surface area contributed by atoms with E-state index in [0.717, 1.165) is 32.2 Å². The Morgan fingerprint density at radius 3 is 2.88 bits per heavy atom. The van der Waals surface area contributed by atoms with Gasteiger partial charge in [0.15, 0.2) is 5.82 Å². The summed E-state index contributed by atoms with van der Waals surface area (Å²) < 4.78 is 5.33. The minimum atomic E-state index is -1.11. The fourth-order valence-electron chi connectivity index (χ4n) is 2.64. The summed E-state index contributed by atoms with van der Waals surface area (Å²) in [5.74, 6) is -0.210. The first-order chi connectivity index (χ1) is 12.0. The lowest BCUT2D eigenvalue weighted by Crippen LogP contribution is -2.45. The number of nitrogens with two attached hydrogens (primary N) is 1. The van der Waals surface area contributed by atoms with Crippen molar-refractivity contribution in [1.82, 2.24) is 26.1 Å². The van der Waals surface area contributed by atoms with Gasteiger partial charge in [-0.1, -0.05) is 5.16 Å². The van der Waals surface area contributed by atoms with Crippen molar-refractivity contribution in [2.24, 2.45) is 5.73 Å². The van der Waals surface area contributed by atoms with Crippen molar-refractivity contribution in [2.45, 2.75) is 57.2 Å². The van der Waals surface area contributed by atoms with Gasteiger partial charge in [-0.2, -0.15) is 4.98 Å². The number of carboxylic acids is 1. The average Bonchev–Trinajstić information content (AvgIpc) is 3.25. The zero-order chi connectivity index (χ0) is 18.2. The average molecular weight is 354 g/mol. The number of unbranched alkanes of at least 4 members (excludes halogenated alkanes) is 1. The van der Waals surface area contributed by atoms with E-state index >= 15 is 0 Å². The molecule has 10 heteroatoms. The number of nitrogens with one attached hydrogen (secondary N) is 3. The van der Waals surface area contributed by atoms with E-state index in [9.17, 15) is 9.59 Å². The van der Waals surface area contributed by atoms with Gasteiger partial charge in [0.2, 0.25) is 5.89 Å². The third-order valence-corrected chi connectivity index (χ3v) is 4.10. The van der Waals surface area contributed by atoms with Crippen molar-refractivity contribution >= 4 is 12.0 Å². The van der Waals surface area contributed by atoms with Gasteiger partial charge in [-0.25, -0.2) is 4.79 Å². The van der Waals surface area contributed by atoms with Gasteiger partial charge in [0.1, 0.15) is 12.1 Å². The second-order valence-corrected chi connectivity index (χ2v) is 6.15. The van der Waals surface area contributed by atoms with Crippen LogP contribution in [-0.2, 0) is 4.79 Å². The first-order valence-corrected chi connectivity index (χ1v) is 8.58. The van der Waals surface area contributed by atoms with E-state index in [1.165, 1.54) is 6.92 Å². The Balaban J connectivity index is 2.01. The van der Waals surface area contributed by atoms with E-state index in [2.05, 4.69) is 26.1 Å². The first kappa shape index (κ1) is 19.1. The summed E-state index contributed by atoms with van der Waals surface area (Å²) in [5.41, 5.74) is 5.52. The molecule has 0 unspecified atom stereocenters. The predicted molar refractivity (Wildman–Crippen MR) is 88.7 cm³/mol. The molecule has 2 rings (SSSR count). The zero-order valence-electron chi connectivity index (χ0n) is 14.3. The molecular formula is C15H26N6O4. The minimum absolute atomic E-state index is 0.0723. The topological polar surface area (TPSA) is 155 Å². The number of hydrogen-bond donors (Lipinski definition) is 5. The van der Waals surface area contributed by atoms with Gasteiger partial charge < -0.3 is 31.3 Å². The SMILES string of the molecule is C[C@H](NC(=O)N[C@@H](CCCCN)c1nc([C@@H]2CCCN2)no1)C(=O)O. The van der Waals surface area contributed by atoms with Crippen LogP contribution in [0.5, 0.6) is 0 Å². The van der Waals surface area contributed by atoms with Crippen molar-refractivity contribution < 1.29 is 19.2 Å². The summed E-state index contributed by atoms with van der Waals surface area (Å²) in [4.78, 5) is 27.3. The van der Waals surface area contributed by atoms with Gasteiger partial charge in [-0.15, -0.1) is 0 Å². The zero-order valence-corrected chi connectivity index (χ0v) is 14.3. The van der Waals surface area contributed by atoms with E-state index < -0.39 is 24.1 Å². The summed E-state index contributed by atoms with van der Waals surface area (Å²) >= 11 is 0. The quantitative estimate of drug-likeness (QED) is 0.400. The number of carbonyl (C=O) groups is 2. The summed E-state index contributed by atoms with van der Waals surface area (Å²) in [6, 6.07) is -2.00. The Hall–Kier alpha value is -2.20. The van der Waals surface area contributed by atoms with Crippen LogP contribution >= 0.6 is 0 Å². The third-order valence-electron chi connectivity index (χ3n) is 4.10. The monoisotopic (exact) mass is 354 g/mol. The van der Waals surface area contributed by atoms with Crippen LogP contribution in [0, 0.1) is 0 Å². The molecule has 1 aliphatic rings. The molecule has 1 aromatic rings. The van der Waals surface area contributed by atoms with Crippen LogP contribution in [0.2, 0.25) is 0 Å². The number of rotatable bonds is 9. The molecule has 0 aliphatic carbocycles. The maximum Gasteiger partial charge on any atom is 0.325 e. The summed E-state index contributed by atoms with van der Waals surface area (Å²) in [6.45, 7) is 2.86. The van der Waals surface area contributed by atoms with Gasteiger partial charge in [0, 0.05) is 0 Å². The highest BCUT2D eigenvalue weighted by Crippen LogP contribution is 2.23. The molecule has 10 nitrogen and oxygen atoms in total. The molecule has 25 heavy (non-hydrogen) atoms. The Kier molecular flexibility index (Phi) is 7.14. The highest BCUT2D eigenvalue weighted by atomic mass is 16.5. The van der Waals surface area contributed by atoms with Crippen LogP contribution in [0.3, 0.4) is 0 Å². The predicted octanol–water partition coefficient (Wildman–Crippen LogP) is 0.437. The smallest absolute Gasteiger partial charge is 0.325 e. The molecular weight excluding hydrogens is 328 g/mol. The van der Waals surface area contributed by atoms with Crippen LogP contribution in [0.4, 0.5) is 4.79 Å². The molecule has 1 fully saturated rings. The lowest BCUT2D eigenvalue weighted by Gasteiger charge is -2.17. The van der Waals surface area contributed by atoms with Crippen LogP contribution in [0.15, 0.2) is 4.52 Å². The maximum absolute atomic E-state index is 12.0. The van der Waals surface area contributed by atoms with E-state index in [4.69, 9.17) is 15.4 Å². The second-order valence-electron chi connectivity index (χ2n) is 6.15. The van der Waals surface area contributed by atoms with Gasteiger partial charge in [0.25, 0.3) is 0 Å². The second kappa shape index (κ2) is 9.33. The Bertz CT molecular complexity index is 572. The molecule has 3 atom stereocenters. The molecule has 0 aromatic carbocycles. The van der Waals surface area contributed by atoms with Crippen molar-refractivity contribution in [3.05, 3.63) is 11.7 Å². The van der Waals surface area contributed by atoms with Crippen LogP contribution in [0.1, 0.15) is 62.8 Å². The number of amides is 2. The Labute approximate surface area is 145 Å². The molecule has 1 aliphatic heterocycles. The van der Waals surface area contributed by atoms with Crippen molar-refractivity contribution in [1.29, 1.82) is 0 Å². The molecule has 2 amide bonds. The number of carboxylic acid groups (broad SMARTS) is 1. The van der Waals surface area contributed by atoms with Crippen LogP contribution < -0.4 is 21.7 Å². The number of urea groups is 1. The standard InChI is InChI=1S/C15H26N6O4/c1-9(14(22)23)18-15(24)19-11(5-2-3-7-16)13-20-12(21-25-13)10-6-4-8-17-10/h9-11,17H,2-8,16H2,1H3,(H,22,23)(H2,18,19,24)/t9-,10-,11-/m0/s1. The largest absolute Gasteiger partial charge is 0.480 e. The number of aromatic nitrogens is 2. The number of aliphatic carboxylic acids is 1. The Morgan fingerprint density at radius 2 is 2.24 bits per heavy atom. The maximum atomic E-state index is 12.0. The fourth-order valence-corrected chi connectivity index (χ4v) is 2.64. The first-order valence-electron chi connectivity index (χ1n) is 8.58. The van der Waals surface area contributed by atoms with Gasteiger partial charge >= 0.3 is 12.0 Å². The fraction of sp³-hybridized carbons (Fsp3) is 0.733. The molecule has 6 N–H and O–H groups in total. The minimum Gasteiger partial charge on any atom is -0.480 e. The lowest BCUT2D eigenvalue weighted by atomic mass is 10.1. The highest BCUT2D eigenvalue weighted by molar-refractivity contribution is 5.82. The molecule has 140 valence electrons. The molecule has 1 saturated heterocycles. The summed E-state index contributed by atoms with van der Waals surface area (Å²) in [7, 11) is 0. The molecule has 1 aromatic heterocycles. The molecule has 2 heterocycles. The van der Waals surface area contributed by atoms with E-state index in [0.29, 0.717) is 24.7 Å². The normalized spacial score (nSPS) is 19.4. The molecule has 0 radical (unpaired) electrons. The Morgan fingerprint density at radius 1 is 1.44 bits per heavy atom. The third kappa shape index (κ3) is 5.68. The van der Waals surface area contributed by atoms with E-state index in [1.807, 2.05) is 0 Å². The van der Waals surface area contributed by atoms with Crippen LogP contribution in [0.25, 0.3) is 0 Å². The number of nitrogens with zero attached hydrogens (tertiary/aromatic N) is 2. The van der Waals surface area contributed by atoms with Gasteiger partial charge in [-0.05, 0) is 52.1 Å². The van der Waals surface area contributed by atoms with Gasteiger partial charge in [0.05, 0.1) is 6.04 Å². The van der Waals surface area contributed by atoms with Crippen LogP contribution in [-0.4, -0.2) is 46.4 Å². The van der Waals surface area contributed by atoms with Crippen molar-refractivity contribution in [3.63, 3.8) is 0 Å². The highest BCUT2D eigenvalue weighted by Gasteiger charge is 2.26. The van der Waals surface area contributed by atoms with Crippen molar-refractivity contribution in [3.8, 4) is 0 Å². The number of hydrogen-bond acceptors (Lipinski definition) is 7. The van der Waals surface area contributed by atoms with Crippen molar-refractivity contribution in [2.75, 3.05) is 13.1 Å². The van der Waals surface area contributed by atoms with E-state index in [1.54, 1.807) is 0 Å². The van der Waals surface area contributed by atoms with Gasteiger partial charge in [-0.3, -0.25) is 4.79 Å². The molecule has 0 bridgehead atoms. The molecule has 0 saturated carbocycles. The van der Waals surface area contributed by atoms with E-state index in [-0.39, 0.29) is 6.04 Å². The number of carbonyl (C=O) groups excluding carboxylic acids is 1.